The molecule has 2 amide bonds. The van der Waals surface area contributed by atoms with Crippen molar-refractivity contribution in [3.63, 3.8) is 0 Å². The Balaban J connectivity index is 1.92. The van der Waals surface area contributed by atoms with Crippen molar-refractivity contribution in [1.82, 2.24) is 5.32 Å². The fourth-order valence-electron chi connectivity index (χ4n) is 3.54. The summed E-state index contributed by atoms with van der Waals surface area (Å²) in [4.78, 5) is 47.9. The van der Waals surface area contributed by atoms with Crippen LogP contribution >= 0.6 is 0 Å². The number of rotatable bonds is 8. The Labute approximate surface area is 182 Å². The highest BCUT2D eigenvalue weighted by molar-refractivity contribution is 5.98. The van der Waals surface area contributed by atoms with Crippen LogP contribution in [0.15, 0.2) is 24.3 Å². The predicted octanol–water partition coefficient (Wildman–Crippen LogP) is 3.23. The fourth-order valence-corrected chi connectivity index (χ4v) is 3.54. The largest absolute Gasteiger partial charge is 0.456 e. The minimum absolute atomic E-state index is 0.376. The van der Waals surface area contributed by atoms with Gasteiger partial charge in [0.25, 0.3) is 0 Å². The van der Waals surface area contributed by atoms with E-state index in [1.807, 2.05) is 12.1 Å². The van der Waals surface area contributed by atoms with E-state index < -0.39 is 42.6 Å². The van der Waals surface area contributed by atoms with Crippen LogP contribution in [0, 0.1) is 0 Å². The summed E-state index contributed by atoms with van der Waals surface area (Å²) in [7, 11) is 0. The topological polar surface area (TPSA) is 125 Å². The molecule has 2 rings (SSSR count). The first-order chi connectivity index (χ1) is 14.5. The Hall–Kier alpha value is -2.90. The summed E-state index contributed by atoms with van der Waals surface area (Å²) in [5.41, 5.74) is 6.01. The number of nitrogens with two attached hydrogens (primary N) is 1. The summed E-state index contributed by atoms with van der Waals surface area (Å²) in [5.74, 6) is -1.58. The number of amides is 2. The number of ether oxygens (including phenoxy) is 2. The molecule has 8 heteroatoms. The molecule has 0 aliphatic heterocycles. The van der Waals surface area contributed by atoms with Crippen molar-refractivity contribution in [1.29, 1.82) is 0 Å². The van der Waals surface area contributed by atoms with Crippen molar-refractivity contribution < 1.29 is 28.7 Å². The molecule has 1 aromatic rings. The fraction of sp³-hybridized carbons (Fsp3) is 0.565. The van der Waals surface area contributed by atoms with Crippen LogP contribution in [0.25, 0.3) is 0 Å². The average Bonchev–Trinajstić information content (AvgIpc) is 2.70. The maximum Gasteiger partial charge on any atom is 0.408 e. The molecule has 1 aliphatic carbocycles. The van der Waals surface area contributed by atoms with E-state index in [9.17, 15) is 19.2 Å². The first kappa shape index (κ1) is 24.4. The van der Waals surface area contributed by atoms with Gasteiger partial charge >= 0.3 is 12.1 Å². The van der Waals surface area contributed by atoms with Crippen LogP contribution in [0.3, 0.4) is 0 Å². The van der Waals surface area contributed by atoms with Crippen LogP contribution in [-0.4, -0.2) is 42.0 Å². The Kier molecular flexibility index (Phi) is 8.59. The molecule has 0 saturated heterocycles. The first-order valence-corrected chi connectivity index (χ1v) is 10.6. The second-order valence-electron chi connectivity index (χ2n) is 8.86. The lowest BCUT2D eigenvalue weighted by Gasteiger charge is -2.22. The van der Waals surface area contributed by atoms with Gasteiger partial charge in [0, 0.05) is 5.56 Å². The lowest BCUT2D eigenvalue weighted by molar-refractivity contribution is -0.146. The number of ketones is 1. The van der Waals surface area contributed by atoms with Gasteiger partial charge in [-0.1, -0.05) is 43.5 Å². The lowest BCUT2D eigenvalue weighted by atomic mass is 9.84. The highest BCUT2D eigenvalue weighted by Gasteiger charge is 2.27. The van der Waals surface area contributed by atoms with Crippen LogP contribution in [-0.2, 0) is 19.1 Å². The van der Waals surface area contributed by atoms with Gasteiger partial charge in [0.1, 0.15) is 11.6 Å². The average molecular weight is 433 g/mol. The Morgan fingerprint density at radius 3 is 2.23 bits per heavy atom. The number of esters is 1. The van der Waals surface area contributed by atoms with Gasteiger partial charge in [-0.25, -0.2) is 9.59 Å². The zero-order valence-corrected chi connectivity index (χ0v) is 18.4. The van der Waals surface area contributed by atoms with E-state index in [1.165, 1.54) is 24.8 Å². The quantitative estimate of drug-likeness (QED) is 0.480. The molecule has 1 aromatic carbocycles. The minimum atomic E-state index is -1.34. The third-order valence-corrected chi connectivity index (χ3v) is 5.04. The molecule has 1 aliphatic rings. The maximum absolute atomic E-state index is 12.4. The molecular weight excluding hydrogens is 400 g/mol. The molecule has 31 heavy (non-hydrogen) atoms. The molecule has 0 heterocycles. The van der Waals surface area contributed by atoms with Crippen LogP contribution < -0.4 is 11.1 Å². The number of Topliss-reactive ketones (excluding diaryl/α,β-unsaturated/α-hetero) is 1. The first-order valence-electron chi connectivity index (χ1n) is 10.6. The summed E-state index contributed by atoms with van der Waals surface area (Å²) in [6.45, 7) is 4.47. The van der Waals surface area contributed by atoms with Gasteiger partial charge in [-0.2, -0.15) is 0 Å². The molecule has 1 saturated carbocycles. The van der Waals surface area contributed by atoms with E-state index in [4.69, 9.17) is 15.2 Å². The van der Waals surface area contributed by atoms with Crippen molar-refractivity contribution in [3.8, 4) is 0 Å². The smallest absolute Gasteiger partial charge is 0.408 e. The van der Waals surface area contributed by atoms with Crippen molar-refractivity contribution in [2.45, 2.75) is 76.9 Å². The molecule has 0 unspecified atom stereocenters. The molecule has 1 fully saturated rings. The van der Waals surface area contributed by atoms with Crippen LogP contribution in [0.1, 0.15) is 81.1 Å². The third-order valence-electron chi connectivity index (χ3n) is 5.04. The summed E-state index contributed by atoms with van der Waals surface area (Å²) in [6.07, 6.45) is 4.70. The number of carbonyl (C=O) groups is 4. The second-order valence-corrected chi connectivity index (χ2v) is 8.86. The standard InChI is InChI=1S/C23H32N2O6/c1-23(2,3)31-22(29)25-18(13-20(24)27)21(28)30-14-19(26)17-11-9-16(10-12-17)15-7-5-4-6-8-15/h9-12,15,18H,4-8,13-14H2,1-3H3,(H2,24,27)(H,25,29)/t18-/m1/s1. The molecule has 1 atom stereocenters. The van der Waals surface area contributed by atoms with Gasteiger partial charge in [0.15, 0.2) is 12.4 Å². The number of alkyl carbamates (subject to hydrolysis) is 1. The highest BCUT2D eigenvalue weighted by Crippen LogP contribution is 2.32. The number of carbonyl (C=O) groups excluding carboxylic acids is 4. The van der Waals surface area contributed by atoms with Crippen molar-refractivity contribution in [2.75, 3.05) is 6.61 Å². The van der Waals surface area contributed by atoms with E-state index in [2.05, 4.69) is 5.32 Å². The van der Waals surface area contributed by atoms with E-state index in [-0.39, 0.29) is 5.78 Å². The molecule has 0 aromatic heterocycles. The summed E-state index contributed by atoms with van der Waals surface area (Å²) in [6, 6.07) is 6.03. The number of benzene rings is 1. The Morgan fingerprint density at radius 2 is 1.68 bits per heavy atom. The van der Waals surface area contributed by atoms with Gasteiger partial charge < -0.3 is 20.5 Å². The molecule has 8 nitrogen and oxygen atoms in total. The van der Waals surface area contributed by atoms with Crippen LogP contribution in [0.2, 0.25) is 0 Å². The van der Waals surface area contributed by atoms with Gasteiger partial charge in [0.05, 0.1) is 6.42 Å². The zero-order chi connectivity index (χ0) is 23.0. The Bertz CT molecular complexity index is 791. The number of primary amides is 1. The van der Waals surface area contributed by atoms with Gasteiger partial charge in [0.2, 0.25) is 5.91 Å². The van der Waals surface area contributed by atoms with Gasteiger partial charge in [-0.3, -0.25) is 9.59 Å². The summed E-state index contributed by atoms with van der Waals surface area (Å²) in [5, 5.41) is 2.26. The molecule has 3 N–H and O–H groups in total. The number of hydrogen-bond donors (Lipinski definition) is 2. The normalized spacial score (nSPS) is 15.6. The maximum atomic E-state index is 12.4. The molecule has 0 spiro atoms. The van der Waals surface area contributed by atoms with Gasteiger partial charge in [-0.05, 0) is 45.1 Å². The predicted molar refractivity (Wildman–Crippen MR) is 115 cm³/mol. The molecular formula is C23H32N2O6. The number of nitrogens with one attached hydrogen (secondary N) is 1. The third kappa shape index (κ3) is 8.39. The van der Waals surface area contributed by atoms with Crippen LogP contribution in [0.4, 0.5) is 4.79 Å². The van der Waals surface area contributed by atoms with Crippen LogP contribution in [0.5, 0.6) is 0 Å². The zero-order valence-electron chi connectivity index (χ0n) is 18.4. The summed E-state index contributed by atoms with van der Waals surface area (Å²) < 4.78 is 10.1. The van der Waals surface area contributed by atoms with E-state index >= 15 is 0 Å². The SMILES string of the molecule is CC(C)(C)OC(=O)N[C@H](CC(N)=O)C(=O)OCC(=O)c1ccc(C2CCCCC2)cc1. The molecule has 170 valence electrons. The highest BCUT2D eigenvalue weighted by atomic mass is 16.6. The molecule has 0 bridgehead atoms. The summed E-state index contributed by atoms with van der Waals surface area (Å²) >= 11 is 0. The van der Waals surface area contributed by atoms with E-state index in [0.29, 0.717) is 11.5 Å². The second kappa shape index (κ2) is 10.9. The van der Waals surface area contributed by atoms with Crippen molar-refractivity contribution in [2.24, 2.45) is 5.73 Å². The lowest BCUT2D eigenvalue weighted by Crippen LogP contribution is -2.46. The van der Waals surface area contributed by atoms with Crippen molar-refractivity contribution in [3.05, 3.63) is 35.4 Å². The Morgan fingerprint density at radius 1 is 1.06 bits per heavy atom. The van der Waals surface area contributed by atoms with Crippen molar-refractivity contribution >= 4 is 23.8 Å². The minimum Gasteiger partial charge on any atom is -0.456 e. The monoisotopic (exact) mass is 432 g/mol. The van der Waals surface area contributed by atoms with E-state index in [0.717, 1.165) is 12.8 Å². The molecule has 0 radical (unpaired) electrons. The number of hydrogen-bond acceptors (Lipinski definition) is 6. The van der Waals surface area contributed by atoms with E-state index in [1.54, 1.807) is 32.9 Å². The van der Waals surface area contributed by atoms with Gasteiger partial charge in [-0.15, -0.1) is 0 Å².